The second kappa shape index (κ2) is 8.92. The molecule has 2 N–H and O–H groups in total. The SMILES string of the molecule is CC(O)C(=O)OO.[AlH3].[H-].[Na+]. The Hall–Kier alpha value is 0.922. The molecular weight excluding hydrogens is 150 g/mol. The largest absolute Gasteiger partial charge is 1.00 e. The minimum Gasteiger partial charge on any atom is -1.00 e. The molecule has 6 heteroatoms. The van der Waals surface area contributed by atoms with Crippen LogP contribution < -0.4 is 29.6 Å². The van der Waals surface area contributed by atoms with E-state index in [0.29, 0.717) is 0 Å². The first kappa shape index (κ1) is 16.5. The first-order valence-corrected chi connectivity index (χ1v) is 1.72. The van der Waals surface area contributed by atoms with Crippen LogP contribution in [0.1, 0.15) is 8.35 Å². The summed E-state index contributed by atoms with van der Waals surface area (Å²) in [6, 6.07) is 0. The third-order valence-corrected chi connectivity index (χ3v) is 0.431. The van der Waals surface area contributed by atoms with Gasteiger partial charge in [-0.2, -0.15) is 5.26 Å². The van der Waals surface area contributed by atoms with E-state index in [1.54, 1.807) is 0 Å². The van der Waals surface area contributed by atoms with Crippen molar-refractivity contribution in [3.8, 4) is 0 Å². The summed E-state index contributed by atoms with van der Waals surface area (Å²) >= 11 is 0. The molecule has 0 amide bonds. The van der Waals surface area contributed by atoms with Crippen molar-refractivity contribution in [2.45, 2.75) is 13.0 Å². The van der Waals surface area contributed by atoms with Crippen LogP contribution in [-0.4, -0.2) is 39.8 Å². The summed E-state index contributed by atoms with van der Waals surface area (Å²) in [7, 11) is 0. The van der Waals surface area contributed by atoms with Gasteiger partial charge >= 0.3 is 35.5 Å². The van der Waals surface area contributed by atoms with Gasteiger partial charge in [0.25, 0.3) is 0 Å². The first-order valence-electron chi connectivity index (χ1n) is 1.72. The van der Waals surface area contributed by atoms with Gasteiger partial charge in [0.1, 0.15) is 0 Å². The molecule has 0 aliphatic heterocycles. The van der Waals surface area contributed by atoms with E-state index < -0.39 is 12.1 Å². The summed E-state index contributed by atoms with van der Waals surface area (Å²) in [5.41, 5.74) is 0. The zero-order valence-corrected chi connectivity index (χ0v) is 6.79. The van der Waals surface area contributed by atoms with E-state index in [1.807, 2.05) is 0 Å². The molecular formula is C3H10AlNaO4. The molecule has 0 aromatic carbocycles. The summed E-state index contributed by atoms with van der Waals surface area (Å²) in [5, 5.41) is 15.7. The molecule has 4 nitrogen and oxygen atoms in total. The molecule has 0 rings (SSSR count). The standard InChI is InChI=1S/C3H6O4.Al.Na.4H/c1-2(4)3(5)7-6;;;;;;/h2,4,6H,1H3;;;;;;/q;;+1;;;;-1. The number of rotatable bonds is 1. The Morgan fingerprint density at radius 3 is 2.11 bits per heavy atom. The van der Waals surface area contributed by atoms with Gasteiger partial charge in [0.15, 0.2) is 23.5 Å². The van der Waals surface area contributed by atoms with Crippen LogP contribution >= 0.6 is 0 Å². The molecule has 0 aromatic heterocycles. The van der Waals surface area contributed by atoms with Crippen molar-refractivity contribution < 1.29 is 51.0 Å². The molecule has 0 aliphatic rings. The Labute approximate surface area is 87.0 Å². The Morgan fingerprint density at radius 1 is 1.78 bits per heavy atom. The van der Waals surface area contributed by atoms with E-state index in [9.17, 15) is 4.79 Å². The van der Waals surface area contributed by atoms with Gasteiger partial charge < -0.3 is 6.53 Å². The maximum Gasteiger partial charge on any atom is 1.00 e. The number of hydrogen-bond donors (Lipinski definition) is 2. The topological polar surface area (TPSA) is 66.8 Å². The second-order valence-corrected chi connectivity index (χ2v) is 1.09. The maximum absolute atomic E-state index is 9.79. The molecule has 0 heterocycles. The first-order chi connectivity index (χ1) is 3.18. The van der Waals surface area contributed by atoms with Crippen LogP contribution in [0.5, 0.6) is 0 Å². The molecule has 0 aromatic rings. The Kier molecular flexibility index (Phi) is 16.3. The van der Waals surface area contributed by atoms with Crippen molar-refractivity contribution in [3.05, 3.63) is 0 Å². The van der Waals surface area contributed by atoms with E-state index in [-0.39, 0.29) is 48.3 Å². The molecule has 50 valence electrons. The molecule has 1 unspecified atom stereocenters. The number of hydrogen-bond acceptors (Lipinski definition) is 4. The normalized spacial score (nSPS) is 10.1. The van der Waals surface area contributed by atoms with Gasteiger partial charge in [-0.25, -0.2) is 4.79 Å². The van der Waals surface area contributed by atoms with Crippen molar-refractivity contribution in [1.29, 1.82) is 0 Å². The predicted molar refractivity (Wildman–Crippen MR) is 31.5 cm³/mol. The Balaban J connectivity index is -0.0000000600. The zero-order chi connectivity index (χ0) is 5.86. The van der Waals surface area contributed by atoms with E-state index >= 15 is 0 Å². The molecule has 0 bridgehead atoms. The van der Waals surface area contributed by atoms with Crippen LogP contribution in [0.4, 0.5) is 0 Å². The van der Waals surface area contributed by atoms with Crippen LogP contribution in [-0.2, 0) is 9.68 Å². The molecule has 0 radical (unpaired) electrons. The maximum atomic E-state index is 9.79. The molecule has 0 spiro atoms. The predicted octanol–water partition coefficient (Wildman–Crippen LogP) is -4.68. The molecule has 0 saturated carbocycles. The summed E-state index contributed by atoms with van der Waals surface area (Å²) in [6.45, 7) is 1.19. The van der Waals surface area contributed by atoms with Gasteiger partial charge in [-0.3, -0.25) is 4.89 Å². The van der Waals surface area contributed by atoms with Gasteiger partial charge in [-0.1, -0.05) is 0 Å². The molecule has 0 aliphatic carbocycles. The van der Waals surface area contributed by atoms with Crippen LogP contribution in [0.2, 0.25) is 0 Å². The molecule has 9 heavy (non-hydrogen) atoms. The smallest absolute Gasteiger partial charge is 1.00 e. The second-order valence-electron chi connectivity index (χ2n) is 1.09. The fraction of sp³-hybridized carbons (Fsp3) is 0.667. The quantitative estimate of drug-likeness (QED) is 0.230. The van der Waals surface area contributed by atoms with E-state index in [1.165, 1.54) is 6.92 Å². The van der Waals surface area contributed by atoms with Crippen LogP contribution in [0.3, 0.4) is 0 Å². The van der Waals surface area contributed by atoms with Gasteiger partial charge in [-0.15, -0.1) is 0 Å². The van der Waals surface area contributed by atoms with Crippen molar-refractivity contribution in [3.63, 3.8) is 0 Å². The summed E-state index contributed by atoms with van der Waals surface area (Å²) in [5.74, 6) is -1.04. The van der Waals surface area contributed by atoms with Gasteiger partial charge in [0.05, 0.1) is 0 Å². The number of aliphatic hydroxyl groups is 1. The minimum absolute atomic E-state index is 0. The van der Waals surface area contributed by atoms with Crippen molar-refractivity contribution >= 4 is 23.3 Å². The molecule has 1 atom stereocenters. The summed E-state index contributed by atoms with van der Waals surface area (Å²) in [4.78, 5) is 12.9. The van der Waals surface area contributed by atoms with Crippen LogP contribution in [0.25, 0.3) is 0 Å². The van der Waals surface area contributed by atoms with E-state index in [4.69, 9.17) is 10.4 Å². The van der Waals surface area contributed by atoms with Gasteiger partial charge in [-0.05, 0) is 6.92 Å². The molecule has 0 fully saturated rings. The minimum atomic E-state index is -1.25. The summed E-state index contributed by atoms with van der Waals surface area (Å²) < 4.78 is 0. The van der Waals surface area contributed by atoms with Crippen molar-refractivity contribution in [1.82, 2.24) is 0 Å². The summed E-state index contributed by atoms with van der Waals surface area (Å²) in [6.07, 6.45) is -1.25. The van der Waals surface area contributed by atoms with E-state index in [0.717, 1.165) is 0 Å². The van der Waals surface area contributed by atoms with Gasteiger partial charge in [0.2, 0.25) is 0 Å². The van der Waals surface area contributed by atoms with Gasteiger partial charge in [0, 0.05) is 0 Å². The fourth-order valence-electron chi connectivity index (χ4n) is 0.0763. The monoisotopic (exact) mass is 160 g/mol. The fourth-order valence-corrected chi connectivity index (χ4v) is 0.0763. The van der Waals surface area contributed by atoms with E-state index in [2.05, 4.69) is 4.89 Å². The Morgan fingerprint density at radius 2 is 2.11 bits per heavy atom. The average Bonchev–Trinajstić information content (AvgIpc) is 1.65. The van der Waals surface area contributed by atoms with Crippen LogP contribution in [0, 0.1) is 0 Å². The Bertz CT molecular complexity index is 80.9. The third-order valence-electron chi connectivity index (χ3n) is 0.431. The number of carbonyl (C=O) groups is 1. The number of aliphatic hydroxyl groups excluding tert-OH is 1. The van der Waals surface area contributed by atoms with Crippen molar-refractivity contribution in [2.24, 2.45) is 0 Å². The average molecular weight is 160 g/mol. The van der Waals surface area contributed by atoms with Crippen molar-refractivity contribution in [2.75, 3.05) is 0 Å². The van der Waals surface area contributed by atoms with Crippen LogP contribution in [0.15, 0.2) is 0 Å². The zero-order valence-electron chi connectivity index (χ0n) is 5.79. The number of carbonyl (C=O) groups excluding carboxylic acids is 1. The third kappa shape index (κ3) is 8.92. The molecule has 0 saturated heterocycles.